The van der Waals surface area contributed by atoms with Crippen LogP contribution in [0.5, 0.6) is 0 Å². The van der Waals surface area contributed by atoms with Crippen molar-refractivity contribution in [3.63, 3.8) is 0 Å². The number of hydrogen-bond donors (Lipinski definition) is 0. The van der Waals surface area contributed by atoms with Gasteiger partial charge < -0.3 is 10.1 Å². The Bertz CT molecular complexity index is 1000. The maximum absolute atomic E-state index is 12.4. The molecule has 6 atom stereocenters. The second kappa shape index (κ2) is 7.59. The summed E-state index contributed by atoms with van der Waals surface area (Å²) in [5, 5.41) is 36.0. The van der Waals surface area contributed by atoms with Gasteiger partial charge in [0.15, 0.2) is 0 Å². The molecule has 0 saturated heterocycles. The van der Waals surface area contributed by atoms with Gasteiger partial charge in [-0.1, -0.05) is 5.57 Å². The third kappa shape index (κ3) is 3.34. The molecule has 1 aromatic rings. The Morgan fingerprint density at radius 1 is 1.00 bits per heavy atom. The van der Waals surface area contributed by atoms with Gasteiger partial charge in [0, 0.05) is 53.4 Å². The van der Waals surface area contributed by atoms with Crippen molar-refractivity contribution in [2.24, 2.45) is 30.7 Å². The Labute approximate surface area is 190 Å². The number of fused-ring (bicyclic) bond motifs is 4. The van der Waals surface area contributed by atoms with E-state index in [4.69, 9.17) is 0 Å². The molecule has 178 valence electrons. The molecule has 0 amide bonds. The van der Waals surface area contributed by atoms with Crippen LogP contribution in [0.3, 0.4) is 0 Å². The molecule has 5 rings (SSSR count). The maximum atomic E-state index is 12.4. The van der Waals surface area contributed by atoms with E-state index in [-0.39, 0.29) is 40.3 Å². The van der Waals surface area contributed by atoms with E-state index in [1.165, 1.54) is 11.6 Å². The molecule has 4 aliphatic carbocycles. The number of nitro groups is 3. The van der Waals surface area contributed by atoms with E-state index >= 15 is 0 Å². The van der Waals surface area contributed by atoms with Crippen molar-refractivity contribution in [1.29, 1.82) is 0 Å². The van der Waals surface area contributed by atoms with Crippen LogP contribution in [-0.4, -0.2) is 35.4 Å². The third-order valence-corrected chi connectivity index (χ3v) is 9.20. The molecule has 6 unspecified atom stereocenters. The number of rotatable bonds is 8. The van der Waals surface area contributed by atoms with Crippen LogP contribution >= 0.6 is 0 Å². The molecule has 1 aromatic heterocycles. The second-order valence-electron chi connectivity index (χ2n) is 10.8. The molecule has 11 nitrogen and oxygen atoms in total. The Kier molecular flexibility index (Phi) is 5.06. The molecule has 4 bridgehead atoms. The fourth-order valence-corrected chi connectivity index (χ4v) is 7.69. The summed E-state index contributed by atoms with van der Waals surface area (Å²) in [6, 6.07) is 0. The molecule has 0 aromatic carbocycles. The molecule has 0 aliphatic heterocycles. The summed E-state index contributed by atoms with van der Waals surface area (Å²) in [6.45, 7) is 0. The minimum atomic E-state index is -1.11. The standard InChI is InChI=1S/C22H29N5O6/c1-24-19(23-13-20(24)25(28)29)8-16(11-21(26(30)31)9-14-2-4-17(21)6-14)12-22(27(32)33)10-15-3-5-18(22)7-15/h8,13-15,17-18H,2-7,9-12H2,1H3. The van der Waals surface area contributed by atoms with Crippen molar-refractivity contribution in [3.05, 3.63) is 47.9 Å². The zero-order valence-corrected chi connectivity index (χ0v) is 18.7. The first-order valence-corrected chi connectivity index (χ1v) is 11.8. The molecule has 11 heteroatoms. The van der Waals surface area contributed by atoms with Crippen molar-refractivity contribution < 1.29 is 14.8 Å². The Morgan fingerprint density at radius 2 is 1.52 bits per heavy atom. The van der Waals surface area contributed by atoms with Gasteiger partial charge in [-0.05, 0) is 55.3 Å². The third-order valence-electron chi connectivity index (χ3n) is 9.20. The van der Waals surface area contributed by atoms with Gasteiger partial charge in [-0.2, -0.15) is 0 Å². The molecule has 33 heavy (non-hydrogen) atoms. The minimum absolute atomic E-state index is 0.0248. The summed E-state index contributed by atoms with van der Waals surface area (Å²) < 4.78 is 1.33. The largest absolute Gasteiger partial charge is 0.358 e. The van der Waals surface area contributed by atoms with Crippen LogP contribution in [0, 0.1) is 54.0 Å². The summed E-state index contributed by atoms with van der Waals surface area (Å²) >= 11 is 0. The Morgan fingerprint density at radius 3 is 1.85 bits per heavy atom. The van der Waals surface area contributed by atoms with Crippen LogP contribution < -0.4 is 0 Å². The molecule has 4 saturated carbocycles. The fraction of sp³-hybridized carbons (Fsp3) is 0.773. The SMILES string of the molecule is Cn1c([N+](=O)[O-])cnc1C=C(CC1([N+](=O)[O-])CC2CCC1C2)CC1([N+](=O)[O-])CC2CCC1C2. The number of imidazole rings is 1. The van der Waals surface area contributed by atoms with Gasteiger partial charge in [-0.3, -0.25) is 20.2 Å². The number of aromatic nitrogens is 2. The van der Waals surface area contributed by atoms with Crippen molar-refractivity contribution in [2.45, 2.75) is 75.3 Å². The van der Waals surface area contributed by atoms with Crippen molar-refractivity contribution in [1.82, 2.24) is 9.55 Å². The van der Waals surface area contributed by atoms with E-state index in [1.54, 1.807) is 6.08 Å². The van der Waals surface area contributed by atoms with Gasteiger partial charge in [0.25, 0.3) is 0 Å². The van der Waals surface area contributed by atoms with Gasteiger partial charge in [0.1, 0.15) is 6.20 Å². The quantitative estimate of drug-likeness (QED) is 0.418. The highest BCUT2D eigenvalue weighted by molar-refractivity contribution is 5.49. The monoisotopic (exact) mass is 459 g/mol. The first kappa shape index (κ1) is 22.0. The Hall–Kier alpha value is -2.85. The van der Waals surface area contributed by atoms with Crippen LogP contribution in [0.25, 0.3) is 6.08 Å². The van der Waals surface area contributed by atoms with E-state index < -0.39 is 16.0 Å². The highest BCUT2D eigenvalue weighted by atomic mass is 16.6. The molecule has 1 heterocycles. The van der Waals surface area contributed by atoms with E-state index in [2.05, 4.69) is 4.98 Å². The first-order chi connectivity index (χ1) is 15.6. The summed E-state index contributed by atoms with van der Waals surface area (Å²) in [4.78, 5) is 39.4. The average molecular weight is 460 g/mol. The van der Waals surface area contributed by atoms with Crippen molar-refractivity contribution in [3.8, 4) is 0 Å². The van der Waals surface area contributed by atoms with Crippen LogP contribution in [0.15, 0.2) is 11.8 Å². The highest BCUT2D eigenvalue weighted by Gasteiger charge is 2.63. The molecule has 4 fully saturated rings. The smallest absolute Gasteiger partial charge is 0.342 e. The van der Waals surface area contributed by atoms with E-state index in [1.807, 2.05) is 0 Å². The maximum Gasteiger partial charge on any atom is 0.342 e. The lowest BCUT2D eigenvalue weighted by Gasteiger charge is -2.34. The van der Waals surface area contributed by atoms with Crippen molar-refractivity contribution in [2.75, 3.05) is 0 Å². The molecule has 0 spiro atoms. The molecular formula is C22H29N5O6. The number of nitrogens with zero attached hydrogens (tertiary/aromatic N) is 5. The first-order valence-electron chi connectivity index (χ1n) is 11.8. The zero-order chi connectivity index (χ0) is 23.5. The van der Waals surface area contributed by atoms with E-state index in [0.29, 0.717) is 36.1 Å². The van der Waals surface area contributed by atoms with Gasteiger partial charge in [-0.25, -0.2) is 9.55 Å². The number of hydrogen-bond acceptors (Lipinski definition) is 7. The summed E-state index contributed by atoms with van der Waals surface area (Å²) in [5.41, 5.74) is -1.59. The zero-order valence-electron chi connectivity index (χ0n) is 18.7. The van der Waals surface area contributed by atoms with Crippen molar-refractivity contribution >= 4 is 11.9 Å². The lowest BCUT2D eigenvalue weighted by molar-refractivity contribution is -0.584. The Balaban J connectivity index is 1.55. The predicted octanol–water partition coefficient (Wildman–Crippen LogP) is 4.16. The summed E-state index contributed by atoms with van der Waals surface area (Å²) in [5.74, 6) is 0.741. The van der Waals surface area contributed by atoms with Gasteiger partial charge in [-0.15, -0.1) is 0 Å². The summed E-state index contributed by atoms with van der Waals surface area (Å²) in [6.07, 6.45) is 9.44. The minimum Gasteiger partial charge on any atom is -0.358 e. The predicted molar refractivity (Wildman–Crippen MR) is 117 cm³/mol. The van der Waals surface area contributed by atoms with E-state index in [9.17, 15) is 30.3 Å². The topological polar surface area (TPSA) is 147 Å². The molecular weight excluding hydrogens is 430 g/mol. The molecule has 0 radical (unpaired) electrons. The van der Waals surface area contributed by atoms with E-state index in [0.717, 1.165) is 44.7 Å². The molecule has 0 N–H and O–H groups in total. The van der Waals surface area contributed by atoms with Crippen LogP contribution in [0.4, 0.5) is 5.82 Å². The van der Waals surface area contributed by atoms with Crippen LogP contribution in [0.1, 0.15) is 70.0 Å². The highest BCUT2D eigenvalue weighted by Crippen LogP contribution is 2.58. The lowest BCUT2D eigenvalue weighted by atomic mass is 9.72. The van der Waals surface area contributed by atoms with Gasteiger partial charge in [0.2, 0.25) is 16.9 Å². The normalized spacial score (nSPS) is 36.3. The van der Waals surface area contributed by atoms with Crippen LogP contribution in [0.2, 0.25) is 0 Å². The van der Waals surface area contributed by atoms with Crippen LogP contribution in [-0.2, 0) is 7.05 Å². The average Bonchev–Trinajstić information content (AvgIpc) is 3.55. The second-order valence-corrected chi connectivity index (χ2v) is 10.8. The summed E-state index contributed by atoms with van der Waals surface area (Å²) in [7, 11) is 1.52. The van der Waals surface area contributed by atoms with Gasteiger partial charge >= 0.3 is 5.82 Å². The molecule has 4 aliphatic rings. The van der Waals surface area contributed by atoms with Gasteiger partial charge in [0.05, 0.1) is 7.05 Å². The fourth-order valence-electron chi connectivity index (χ4n) is 7.69. The lowest BCUT2D eigenvalue weighted by Crippen LogP contribution is -2.47.